The highest BCUT2D eigenvalue weighted by Gasteiger charge is 2.22. The number of likely N-dealkylation sites (tertiary alicyclic amines) is 1. The Hall–Kier alpha value is -0.810. The molecule has 1 aliphatic heterocycles. The first-order valence-electron chi connectivity index (χ1n) is 6.11. The number of hydrogen-bond donors (Lipinski definition) is 2. The molecule has 0 radical (unpaired) electrons. The van der Waals surface area contributed by atoms with E-state index in [9.17, 15) is 0 Å². The topological polar surface area (TPSA) is 56.9 Å². The summed E-state index contributed by atoms with van der Waals surface area (Å²) >= 11 is 0. The minimum absolute atomic E-state index is 0.558. The van der Waals surface area contributed by atoms with Gasteiger partial charge in [-0.3, -0.25) is 10.4 Å². The molecule has 1 rings (SSSR count). The van der Waals surface area contributed by atoms with E-state index >= 15 is 0 Å². The summed E-state index contributed by atoms with van der Waals surface area (Å²) in [6.45, 7) is 5.25. The van der Waals surface area contributed by atoms with Crippen molar-refractivity contribution >= 4 is 5.96 Å². The molecule has 0 aromatic rings. The minimum atomic E-state index is 0.558. The second kappa shape index (κ2) is 6.70. The third kappa shape index (κ3) is 3.64. The van der Waals surface area contributed by atoms with Gasteiger partial charge in [-0.1, -0.05) is 6.92 Å². The molecule has 3 N–H and O–H groups in total. The van der Waals surface area contributed by atoms with E-state index in [1.165, 1.54) is 12.8 Å². The number of nitrogens with one attached hydrogen (secondary N) is 1. The summed E-state index contributed by atoms with van der Waals surface area (Å²) in [7, 11) is 4.24. The molecule has 1 fully saturated rings. The van der Waals surface area contributed by atoms with Gasteiger partial charge in [0.05, 0.1) is 0 Å². The Kier molecular flexibility index (Phi) is 5.55. The molecule has 0 atom stereocenters. The molecule has 0 amide bonds. The van der Waals surface area contributed by atoms with Crippen LogP contribution in [0.2, 0.25) is 0 Å². The van der Waals surface area contributed by atoms with E-state index in [4.69, 9.17) is 5.84 Å². The van der Waals surface area contributed by atoms with Gasteiger partial charge in [-0.25, -0.2) is 5.84 Å². The largest absolute Gasteiger partial charge is 0.342 e. The average molecular weight is 227 g/mol. The highest BCUT2D eigenvalue weighted by molar-refractivity contribution is 5.79. The van der Waals surface area contributed by atoms with Crippen LogP contribution in [0.1, 0.15) is 26.2 Å². The maximum atomic E-state index is 5.52. The standard InChI is InChI=1S/C11H25N5/c1-4-7-13-11(14-12)16(3)10-5-8-15(2)9-6-10/h10H,4-9,12H2,1-3H3,(H,13,14). The average Bonchev–Trinajstić information content (AvgIpc) is 2.30. The lowest BCUT2D eigenvalue weighted by Gasteiger charge is -2.36. The maximum absolute atomic E-state index is 5.52. The van der Waals surface area contributed by atoms with Gasteiger partial charge in [0, 0.05) is 19.6 Å². The lowest BCUT2D eigenvalue weighted by molar-refractivity contribution is 0.189. The van der Waals surface area contributed by atoms with Crippen molar-refractivity contribution in [2.45, 2.75) is 32.2 Å². The Morgan fingerprint density at radius 2 is 2.12 bits per heavy atom. The highest BCUT2D eigenvalue weighted by atomic mass is 15.4. The van der Waals surface area contributed by atoms with Crippen LogP contribution in [0.5, 0.6) is 0 Å². The van der Waals surface area contributed by atoms with Crippen molar-refractivity contribution in [2.24, 2.45) is 10.8 Å². The molecule has 0 spiro atoms. The number of nitrogens with zero attached hydrogens (tertiary/aromatic N) is 3. The highest BCUT2D eigenvalue weighted by Crippen LogP contribution is 2.13. The molecule has 0 aromatic heterocycles. The van der Waals surface area contributed by atoms with Crippen LogP contribution in [0.3, 0.4) is 0 Å². The van der Waals surface area contributed by atoms with Crippen LogP contribution >= 0.6 is 0 Å². The summed E-state index contributed by atoms with van der Waals surface area (Å²) < 4.78 is 0. The third-order valence-corrected chi connectivity index (χ3v) is 3.18. The fourth-order valence-corrected chi connectivity index (χ4v) is 2.03. The zero-order valence-corrected chi connectivity index (χ0v) is 10.7. The van der Waals surface area contributed by atoms with Gasteiger partial charge < -0.3 is 9.80 Å². The van der Waals surface area contributed by atoms with Crippen LogP contribution in [0.4, 0.5) is 0 Å². The van der Waals surface area contributed by atoms with Gasteiger partial charge in [0.1, 0.15) is 0 Å². The van der Waals surface area contributed by atoms with E-state index in [0.717, 1.165) is 32.0 Å². The van der Waals surface area contributed by atoms with E-state index in [1.807, 2.05) is 0 Å². The molecule has 16 heavy (non-hydrogen) atoms. The molecule has 1 heterocycles. The summed E-state index contributed by atoms with van der Waals surface area (Å²) in [5.74, 6) is 6.33. The summed E-state index contributed by atoms with van der Waals surface area (Å²) in [6.07, 6.45) is 3.41. The van der Waals surface area contributed by atoms with Crippen molar-refractivity contribution in [3.8, 4) is 0 Å². The molecular formula is C11H25N5. The lowest BCUT2D eigenvalue weighted by atomic mass is 10.0. The van der Waals surface area contributed by atoms with E-state index in [1.54, 1.807) is 0 Å². The van der Waals surface area contributed by atoms with Crippen LogP contribution in [-0.2, 0) is 0 Å². The SMILES string of the molecule is CCCN=C(NN)N(C)C1CCN(C)CC1. The van der Waals surface area contributed by atoms with Gasteiger partial charge in [0.15, 0.2) is 0 Å². The first-order chi connectivity index (χ1) is 7.69. The van der Waals surface area contributed by atoms with Crippen molar-refractivity contribution in [1.29, 1.82) is 0 Å². The van der Waals surface area contributed by atoms with Gasteiger partial charge in [-0.15, -0.1) is 0 Å². The fraction of sp³-hybridized carbons (Fsp3) is 0.909. The van der Waals surface area contributed by atoms with Crippen LogP contribution in [0, 0.1) is 0 Å². The monoisotopic (exact) mass is 227 g/mol. The molecule has 0 aromatic carbocycles. The lowest BCUT2D eigenvalue weighted by Crippen LogP contribution is -2.50. The van der Waals surface area contributed by atoms with E-state index < -0.39 is 0 Å². The Morgan fingerprint density at radius 3 is 2.62 bits per heavy atom. The van der Waals surface area contributed by atoms with E-state index in [2.05, 4.69) is 41.2 Å². The number of piperidine rings is 1. The normalized spacial score (nSPS) is 19.9. The van der Waals surface area contributed by atoms with Crippen LogP contribution in [0.25, 0.3) is 0 Å². The van der Waals surface area contributed by atoms with Crippen molar-refractivity contribution < 1.29 is 0 Å². The molecule has 0 bridgehead atoms. The molecule has 0 aliphatic carbocycles. The third-order valence-electron chi connectivity index (χ3n) is 3.18. The van der Waals surface area contributed by atoms with Gasteiger partial charge in [-0.2, -0.15) is 0 Å². The molecule has 1 aliphatic rings. The van der Waals surface area contributed by atoms with Crippen LogP contribution < -0.4 is 11.3 Å². The summed E-state index contributed by atoms with van der Waals surface area (Å²) in [5, 5.41) is 0. The van der Waals surface area contributed by atoms with Crippen molar-refractivity contribution in [3.63, 3.8) is 0 Å². The van der Waals surface area contributed by atoms with Crippen molar-refractivity contribution in [2.75, 3.05) is 33.7 Å². The van der Waals surface area contributed by atoms with Gasteiger partial charge in [-0.05, 0) is 39.4 Å². The summed E-state index contributed by atoms with van der Waals surface area (Å²) in [5.41, 5.74) is 2.71. The Balaban J connectivity index is 2.50. The first kappa shape index (κ1) is 13.3. The number of hydrazine groups is 1. The number of nitrogens with two attached hydrogens (primary N) is 1. The molecule has 1 saturated heterocycles. The molecule has 94 valence electrons. The van der Waals surface area contributed by atoms with E-state index in [0.29, 0.717) is 6.04 Å². The van der Waals surface area contributed by atoms with Crippen LogP contribution in [-0.4, -0.2) is 55.5 Å². The van der Waals surface area contributed by atoms with Crippen molar-refractivity contribution in [3.05, 3.63) is 0 Å². The van der Waals surface area contributed by atoms with Crippen LogP contribution in [0.15, 0.2) is 4.99 Å². The molecular weight excluding hydrogens is 202 g/mol. The minimum Gasteiger partial charge on any atom is -0.342 e. The Labute approximate surface area is 98.7 Å². The zero-order chi connectivity index (χ0) is 12.0. The predicted octanol–water partition coefficient (Wildman–Crippen LogP) is 0.242. The molecule has 0 unspecified atom stereocenters. The Morgan fingerprint density at radius 1 is 1.50 bits per heavy atom. The number of guanidine groups is 1. The number of hydrogen-bond acceptors (Lipinski definition) is 3. The van der Waals surface area contributed by atoms with E-state index in [-0.39, 0.29) is 0 Å². The number of rotatable bonds is 3. The Bertz CT molecular complexity index is 220. The molecule has 5 nitrogen and oxygen atoms in total. The second-order valence-electron chi connectivity index (χ2n) is 4.50. The zero-order valence-electron chi connectivity index (χ0n) is 10.7. The fourth-order valence-electron chi connectivity index (χ4n) is 2.03. The predicted molar refractivity (Wildman–Crippen MR) is 68.2 cm³/mol. The van der Waals surface area contributed by atoms with Gasteiger partial charge >= 0.3 is 0 Å². The number of aliphatic imine (C=N–C) groups is 1. The quantitative estimate of drug-likeness (QED) is 0.314. The second-order valence-corrected chi connectivity index (χ2v) is 4.50. The maximum Gasteiger partial charge on any atom is 0.208 e. The summed E-state index contributed by atoms with van der Waals surface area (Å²) in [6, 6.07) is 0.558. The smallest absolute Gasteiger partial charge is 0.208 e. The molecule has 5 heteroatoms. The first-order valence-corrected chi connectivity index (χ1v) is 6.11. The van der Waals surface area contributed by atoms with Gasteiger partial charge in [0.2, 0.25) is 5.96 Å². The van der Waals surface area contributed by atoms with Gasteiger partial charge in [0.25, 0.3) is 0 Å². The summed E-state index contributed by atoms with van der Waals surface area (Å²) in [4.78, 5) is 9.00. The molecule has 0 saturated carbocycles. The van der Waals surface area contributed by atoms with Crippen molar-refractivity contribution in [1.82, 2.24) is 15.2 Å².